The molecule has 1 aliphatic heterocycles. The Morgan fingerprint density at radius 2 is 2.07 bits per heavy atom. The SMILES string of the molecule is C=C/C=C\C(=C/N(C)CC)c1cncc(-c2ccc3c(c2)CC(=C)N3C)c1. The van der Waals surface area contributed by atoms with Crippen LogP contribution in [-0.2, 0) is 6.42 Å². The lowest BCUT2D eigenvalue weighted by Crippen LogP contribution is -2.09. The Balaban J connectivity index is 1.99. The molecular formula is C24H27N3. The van der Waals surface area contributed by atoms with Crippen LogP contribution >= 0.6 is 0 Å². The molecular weight excluding hydrogens is 330 g/mol. The summed E-state index contributed by atoms with van der Waals surface area (Å²) in [5.41, 5.74) is 8.20. The minimum absolute atomic E-state index is 0.904. The molecule has 3 rings (SSSR count). The second kappa shape index (κ2) is 8.09. The Hall–Kier alpha value is -3.07. The van der Waals surface area contributed by atoms with Crippen molar-refractivity contribution in [3.05, 3.63) is 91.1 Å². The van der Waals surface area contributed by atoms with E-state index >= 15 is 0 Å². The number of aromatic nitrogens is 1. The fraction of sp³-hybridized carbons (Fsp3) is 0.208. The van der Waals surface area contributed by atoms with Crippen LogP contribution in [0.4, 0.5) is 5.69 Å². The molecule has 0 radical (unpaired) electrons. The molecule has 0 saturated carbocycles. The van der Waals surface area contributed by atoms with Crippen LogP contribution < -0.4 is 4.90 Å². The van der Waals surface area contributed by atoms with Crippen molar-refractivity contribution < 1.29 is 0 Å². The first-order valence-electron chi connectivity index (χ1n) is 9.25. The van der Waals surface area contributed by atoms with Gasteiger partial charge in [-0.15, -0.1) is 0 Å². The smallest absolute Gasteiger partial charge is 0.0442 e. The van der Waals surface area contributed by atoms with Crippen LogP contribution in [0.25, 0.3) is 16.7 Å². The van der Waals surface area contributed by atoms with Crippen molar-refractivity contribution in [1.29, 1.82) is 0 Å². The Morgan fingerprint density at radius 3 is 2.81 bits per heavy atom. The molecule has 1 aromatic carbocycles. The first-order chi connectivity index (χ1) is 13.0. The Bertz CT molecular complexity index is 921. The lowest BCUT2D eigenvalue weighted by molar-refractivity contribution is 0.486. The molecule has 0 saturated heterocycles. The molecule has 0 bridgehead atoms. The molecule has 0 aliphatic carbocycles. The Labute approximate surface area is 162 Å². The molecule has 0 unspecified atom stereocenters. The molecule has 3 nitrogen and oxygen atoms in total. The summed E-state index contributed by atoms with van der Waals surface area (Å²) in [5.74, 6) is 0. The average Bonchev–Trinajstić information content (AvgIpc) is 2.98. The third-order valence-electron chi connectivity index (χ3n) is 4.98. The first kappa shape index (κ1) is 18.7. The van der Waals surface area contributed by atoms with Gasteiger partial charge in [-0.1, -0.05) is 37.5 Å². The topological polar surface area (TPSA) is 19.4 Å². The van der Waals surface area contributed by atoms with Crippen LogP contribution in [0.5, 0.6) is 0 Å². The predicted molar refractivity (Wildman–Crippen MR) is 117 cm³/mol. The summed E-state index contributed by atoms with van der Waals surface area (Å²) < 4.78 is 0. The highest BCUT2D eigenvalue weighted by molar-refractivity contribution is 5.78. The number of likely N-dealkylation sites (N-methyl/N-ethyl adjacent to an activating group) is 1. The first-order valence-corrected chi connectivity index (χ1v) is 9.25. The van der Waals surface area contributed by atoms with Gasteiger partial charge in [0.1, 0.15) is 0 Å². The molecule has 1 aliphatic rings. The van der Waals surface area contributed by atoms with Crippen LogP contribution in [0.3, 0.4) is 0 Å². The summed E-state index contributed by atoms with van der Waals surface area (Å²) >= 11 is 0. The highest BCUT2D eigenvalue weighted by Crippen LogP contribution is 2.35. The van der Waals surface area contributed by atoms with Crippen molar-refractivity contribution in [1.82, 2.24) is 9.88 Å². The predicted octanol–water partition coefficient (Wildman–Crippen LogP) is 5.29. The monoisotopic (exact) mass is 357 g/mol. The molecule has 1 aromatic heterocycles. The number of rotatable bonds is 6. The quantitative estimate of drug-likeness (QED) is 0.655. The van der Waals surface area contributed by atoms with Gasteiger partial charge in [0.15, 0.2) is 0 Å². The standard InChI is InChI=1S/C24H27N3/c1-6-8-9-20(17-26(4)7-2)23-14-22(15-25-16-23)19-10-11-24-21(13-19)12-18(3)27(24)5/h6,8-11,13-17H,1,3,7,12H2,2,4-5H3/b9-8-,20-17+. The minimum Gasteiger partial charge on any atom is -0.380 e. The Morgan fingerprint density at radius 1 is 1.26 bits per heavy atom. The third kappa shape index (κ3) is 4.03. The van der Waals surface area contributed by atoms with Crippen LogP contribution in [0.2, 0.25) is 0 Å². The molecule has 2 heterocycles. The van der Waals surface area contributed by atoms with Crippen molar-refractivity contribution in [2.75, 3.05) is 25.5 Å². The van der Waals surface area contributed by atoms with E-state index in [0.29, 0.717) is 0 Å². The molecule has 0 fully saturated rings. The number of hydrogen-bond donors (Lipinski definition) is 0. The van der Waals surface area contributed by atoms with Gasteiger partial charge in [-0.2, -0.15) is 0 Å². The fourth-order valence-electron chi connectivity index (χ4n) is 3.21. The average molecular weight is 358 g/mol. The molecule has 0 atom stereocenters. The number of nitrogens with zero attached hydrogens (tertiary/aromatic N) is 3. The maximum absolute atomic E-state index is 4.50. The van der Waals surface area contributed by atoms with E-state index in [1.165, 1.54) is 16.8 Å². The van der Waals surface area contributed by atoms with Gasteiger partial charge in [0.05, 0.1) is 0 Å². The Kier molecular flexibility index (Phi) is 5.60. The van der Waals surface area contributed by atoms with Crippen LogP contribution in [0.1, 0.15) is 18.1 Å². The van der Waals surface area contributed by atoms with E-state index < -0.39 is 0 Å². The van der Waals surface area contributed by atoms with E-state index in [1.54, 1.807) is 6.08 Å². The molecule has 3 heteroatoms. The highest BCUT2D eigenvalue weighted by atomic mass is 15.1. The zero-order chi connectivity index (χ0) is 19.4. The number of allylic oxidation sites excluding steroid dienone is 5. The van der Waals surface area contributed by atoms with Crippen molar-refractivity contribution in [3.8, 4) is 11.1 Å². The van der Waals surface area contributed by atoms with E-state index in [4.69, 9.17) is 0 Å². The summed E-state index contributed by atoms with van der Waals surface area (Å²) in [4.78, 5) is 8.82. The van der Waals surface area contributed by atoms with Crippen molar-refractivity contribution in [2.24, 2.45) is 0 Å². The van der Waals surface area contributed by atoms with Crippen LogP contribution in [0.15, 0.2) is 79.9 Å². The van der Waals surface area contributed by atoms with Gasteiger partial charge >= 0.3 is 0 Å². The zero-order valence-electron chi connectivity index (χ0n) is 16.4. The van der Waals surface area contributed by atoms with E-state index in [0.717, 1.165) is 35.4 Å². The normalized spacial score (nSPS) is 14.0. The lowest BCUT2D eigenvalue weighted by atomic mass is 9.99. The maximum Gasteiger partial charge on any atom is 0.0442 e. The summed E-state index contributed by atoms with van der Waals surface area (Å²) in [6.45, 7) is 11.0. The molecule has 0 N–H and O–H groups in total. The van der Waals surface area contributed by atoms with Gasteiger partial charge in [0.25, 0.3) is 0 Å². The fourth-order valence-corrected chi connectivity index (χ4v) is 3.21. The number of fused-ring (bicyclic) bond motifs is 1. The molecule has 138 valence electrons. The van der Waals surface area contributed by atoms with Crippen molar-refractivity contribution in [2.45, 2.75) is 13.3 Å². The van der Waals surface area contributed by atoms with Gasteiger partial charge in [-0.3, -0.25) is 4.98 Å². The maximum atomic E-state index is 4.50. The van der Waals surface area contributed by atoms with E-state index in [9.17, 15) is 0 Å². The minimum atomic E-state index is 0.904. The van der Waals surface area contributed by atoms with E-state index in [-0.39, 0.29) is 0 Å². The molecule has 0 amide bonds. The van der Waals surface area contributed by atoms with E-state index in [1.807, 2.05) is 18.5 Å². The van der Waals surface area contributed by atoms with E-state index in [2.05, 4.69) is 85.5 Å². The van der Waals surface area contributed by atoms with Gasteiger partial charge in [-0.25, -0.2) is 0 Å². The van der Waals surface area contributed by atoms with Crippen molar-refractivity contribution in [3.63, 3.8) is 0 Å². The summed E-state index contributed by atoms with van der Waals surface area (Å²) in [6.07, 6.45) is 12.7. The van der Waals surface area contributed by atoms with Gasteiger partial charge < -0.3 is 9.80 Å². The summed E-state index contributed by atoms with van der Waals surface area (Å²) in [6, 6.07) is 8.79. The largest absolute Gasteiger partial charge is 0.380 e. The second-order valence-corrected chi connectivity index (χ2v) is 6.86. The molecule has 0 spiro atoms. The number of benzene rings is 1. The van der Waals surface area contributed by atoms with Gasteiger partial charge in [-0.05, 0) is 41.8 Å². The lowest BCUT2D eigenvalue weighted by Gasteiger charge is -2.14. The van der Waals surface area contributed by atoms with Crippen LogP contribution in [0, 0.1) is 0 Å². The van der Waals surface area contributed by atoms with Gasteiger partial charge in [0, 0.05) is 68.2 Å². The number of pyridine rings is 1. The summed E-state index contributed by atoms with van der Waals surface area (Å²) in [5, 5.41) is 0. The highest BCUT2D eigenvalue weighted by Gasteiger charge is 2.19. The zero-order valence-corrected chi connectivity index (χ0v) is 16.4. The summed E-state index contributed by atoms with van der Waals surface area (Å²) in [7, 11) is 4.14. The number of anilines is 1. The van der Waals surface area contributed by atoms with Gasteiger partial charge in [0.2, 0.25) is 0 Å². The molecule has 27 heavy (non-hydrogen) atoms. The second-order valence-electron chi connectivity index (χ2n) is 6.86. The third-order valence-corrected chi connectivity index (χ3v) is 4.98. The van der Waals surface area contributed by atoms with Crippen LogP contribution in [-0.4, -0.2) is 30.5 Å². The number of hydrogen-bond acceptors (Lipinski definition) is 3. The van der Waals surface area contributed by atoms with Crippen molar-refractivity contribution >= 4 is 11.3 Å². The molecule has 2 aromatic rings.